The van der Waals surface area contributed by atoms with E-state index >= 15 is 0 Å². The lowest BCUT2D eigenvalue weighted by Gasteiger charge is -2.39. The van der Waals surface area contributed by atoms with Crippen LogP contribution in [0.1, 0.15) is 35.7 Å². The molecule has 2 aliphatic rings. The highest BCUT2D eigenvalue weighted by Crippen LogP contribution is 2.42. The van der Waals surface area contributed by atoms with E-state index in [4.69, 9.17) is 15.6 Å². The lowest BCUT2D eigenvalue weighted by Crippen LogP contribution is -2.42. The van der Waals surface area contributed by atoms with Crippen LogP contribution in [0.5, 0.6) is 11.5 Å². The zero-order chi connectivity index (χ0) is 25.9. The van der Waals surface area contributed by atoms with Crippen LogP contribution in [0, 0.1) is 10.8 Å². The van der Waals surface area contributed by atoms with E-state index in [-0.39, 0.29) is 23.4 Å². The van der Waals surface area contributed by atoms with Gasteiger partial charge in [0.25, 0.3) is 5.91 Å². The zero-order valence-corrected chi connectivity index (χ0v) is 20.3. The quantitative estimate of drug-likeness (QED) is 0.381. The smallest absolute Gasteiger partial charge is 0.254 e. The number of primary amides is 1. The van der Waals surface area contributed by atoms with Gasteiger partial charge in [-0.15, -0.1) is 4.91 Å². The maximum absolute atomic E-state index is 12.7. The van der Waals surface area contributed by atoms with Crippen LogP contribution in [0.15, 0.2) is 72.5 Å². The number of hydrogen-bond donors (Lipinski definition) is 1. The van der Waals surface area contributed by atoms with Crippen LogP contribution in [0.4, 0.5) is 5.82 Å². The van der Waals surface area contributed by atoms with E-state index in [0.29, 0.717) is 54.6 Å². The molecular weight excluding hydrogens is 472 g/mol. The van der Waals surface area contributed by atoms with Crippen molar-refractivity contribution in [3.05, 3.63) is 77.7 Å². The summed E-state index contributed by atoms with van der Waals surface area (Å²) in [4.78, 5) is 38.2. The van der Waals surface area contributed by atoms with Gasteiger partial charge >= 0.3 is 0 Å². The van der Waals surface area contributed by atoms with E-state index in [0.717, 1.165) is 12.8 Å². The molecule has 190 valence electrons. The Balaban J connectivity index is 1.47. The highest BCUT2D eigenvalue weighted by molar-refractivity contribution is 6.04. The summed E-state index contributed by atoms with van der Waals surface area (Å²) >= 11 is 0. The van der Waals surface area contributed by atoms with Crippen molar-refractivity contribution in [2.45, 2.75) is 25.3 Å². The summed E-state index contributed by atoms with van der Waals surface area (Å²) in [6.45, 7) is 5.17. The molecule has 0 spiro atoms. The number of piperidine rings is 1. The molecule has 2 amide bonds. The summed E-state index contributed by atoms with van der Waals surface area (Å²) < 4.78 is 7.62. The van der Waals surface area contributed by atoms with Gasteiger partial charge in [0.1, 0.15) is 22.8 Å². The van der Waals surface area contributed by atoms with E-state index < -0.39 is 5.91 Å². The number of anilines is 1. The van der Waals surface area contributed by atoms with E-state index in [1.807, 2.05) is 42.5 Å². The van der Waals surface area contributed by atoms with Crippen molar-refractivity contribution < 1.29 is 14.3 Å². The molecule has 1 fully saturated rings. The lowest BCUT2D eigenvalue weighted by atomic mass is 9.86. The molecule has 0 radical (unpaired) electrons. The fourth-order valence-electron chi connectivity index (χ4n) is 5.27. The second kappa shape index (κ2) is 10.3. The van der Waals surface area contributed by atoms with Gasteiger partial charge in [0.05, 0.1) is 11.3 Å². The van der Waals surface area contributed by atoms with Gasteiger partial charge in [-0.05, 0) is 67.7 Å². The van der Waals surface area contributed by atoms with Crippen LogP contribution >= 0.6 is 0 Å². The van der Waals surface area contributed by atoms with Gasteiger partial charge in [0, 0.05) is 25.2 Å². The zero-order valence-electron chi connectivity index (χ0n) is 20.3. The molecule has 1 saturated heterocycles. The molecule has 1 atom stereocenters. The topological polar surface area (TPSA) is 123 Å². The van der Waals surface area contributed by atoms with Crippen LogP contribution < -0.4 is 15.5 Å². The highest BCUT2D eigenvalue weighted by atomic mass is 16.5. The van der Waals surface area contributed by atoms with E-state index in [1.165, 1.54) is 11.1 Å². The average Bonchev–Trinajstić information content (AvgIpc) is 3.34. The number of carbonyl (C=O) groups is 2. The molecule has 10 heteroatoms. The standard InChI is InChI=1S/C27H28N6O4/c1-2-23(34)31-15-12-18(13-16-31)22-14-17-32(30-36)27-24(26(28)35)25(29-33(22)27)19-8-10-21(11-9-19)37-20-6-4-3-5-7-20/h2-11,18,22H,1,12-17H2,(H2,28,35)/t22-/m0/s1. The van der Waals surface area contributed by atoms with Gasteiger partial charge in [-0.1, -0.05) is 24.8 Å². The Hall–Kier alpha value is -4.47. The minimum absolute atomic E-state index is 0.0541. The molecule has 3 heterocycles. The Morgan fingerprint density at radius 1 is 1.00 bits per heavy atom. The average molecular weight is 501 g/mol. The first-order valence-corrected chi connectivity index (χ1v) is 12.3. The van der Waals surface area contributed by atoms with Gasteiger partial charge in [0.15, 0.2) is 5.82 Å². The molecule has 2 aliphatic heterocycles. The van der Waals surface area contributed by atoms with Crippen molar-refractivity contribution in [3.8, 4) is 22.8 Å². The molecule has 10 nitrogen and oxygen atoms in total. The highest BCUT2D eigenvalue weighted by Gasteiger charge is 2.39. The molecule has 0 saturated carbocycles. The number of rotatable bonds is 7. The molecule has 2 aromatic carbocycles. The number of hydrogen-bond acceptors (Lipinski definition) is 6. The number of benzene rings is 2. The molecule has 37 heavy (non-hydrogen) atoms. The third-order valence-corrected chi connectivity index (χ3v) is 7.10. The van der Waals surface area contributed by atoms with Crippen LogP contribution in [-0.4, -0.2) is 46.1 Å². The van der Waals surface area contributed by atoms with Crippen molar-refractivity contribution >= 4 is 17.6 Å². The monoisotopic (exact) mass is 500 g/mol. The van der Waals surface area contributed by atoms with Gasteiger partial charge in [-0.2, -0.15) is 5.10 Å². The number of amides is 2. The molecule has 5 rings (SSSR count). The summed E-state index contributed by atoms with van der Waals surface area (Å²) in [7, 11) is 0. The number of likely N-dealkylation sites (tertiary alicyclic amines) is 1. The minimum Gasteiger partial charge on any atom is -0.457 e. The number of nitrogens with zero attached hydrogens (tertiary/aromatic N) is 5. The SMILES string of the molecule is C=CC(=O)N1CCC([C@@H]2CCN(N=O)c3c(C(N)=O)c(-c4ccc(Oc5ccccc5)cc4)nn32)CC1. The second-order valence-corrected chi connectivity index (χ2v) is 9.22. The predicted molar refractivity (Wildman–Crippen MR) is 139 cm³/mol. The number of ether oxygens (including phenoxy) is 1. The summed E-state index contributed by atoms with van der Waals surface area (Å²) in [5, 5.41) is 9.24. The van der Waals surface area contributed by atoms with E-state index in [1.54, 1.807) is 21.7 Å². The Labute approximate surface area is 214 Å². The normalized spacial score (nSPS) is 17.7. The number of para-hydroxylation sites is 1. The molecule has 0 aliphatic carbocycles. The number of fused-ring (bicyclic) bond motifs is 1. The maximum atomic E-state index is 12.7. The van der Waals surface area contributed by atoms with E-state index in [2.05, 4.69) is 11.9 Å². The Kier molecular flexibility index (Phi) is 6.72. The molecule has 0 bridgehead atoms. The van der Waals surface area contributed by atoms with Crippen LogP contribution in [0.3, 0.4) is 0 Å². The Bertz CT molecular complexity index is 1310. The first-order chi connectivity index (χ1) is 18.0. The number of carbonyl (C=O) groups excluding carboxylic acids is 2. The predicted octanol–water partition coefficient (Wildman–Crippen LogP) is 4.30. The summed E-state index contributed by atoms with van der Waals surface area (Å²) in [5.41, 5.74) is 7.06. The largest absolute Gasteiger partial charge is 0.457 e. The molecule has 1 aromatic heterocycles. The number of nitrogens with two attached hydrogens (primary N) is 1. The lowest BCUT2D eigenvalue weighted by molar-refractivity contribution is -0.127. The maximum Gasteiger partial charge on any atom is 0.254 e. The fourth-order valence-corrected chi connectivity index (χ4v) is 5.27. The van der Waals surface area contributed by atoms with Crippen molar-refractivity contribution in [1.29, 1.82) is 0 Å². The van der Waals surface area contributed by atoms with Gasteiger partial charge in [0.2, 0.25) is 5.91 Å². The van der Waals surface area contributed by atoms with Crippen molar-refractivity contribution in [2.75, 3.05) is 24.6 Å². The Morgan fingerprint density at radius 2 is 1.68 bits per heavy atom. The van der Waals surface area contributed by atoms with Gasteiger partial charge in [-0.3, -0.25) is 9.59 Å². The molecule has 0 unspecified atom stereocenters. The summed E-state index contributed by atoms with van der Waals surface area (Å²) in [5.74, 6) is 1.13. The van der Waals surface area contributed by atoms with Gasteiger partial charge < -0.3 is 15.4 Å². The van der Waals surface area contributed by atoms with Crippen LogP contribution in [0.2, 0.25) is 0 Å². The summed E-state index contributed by atoms with van der Waals surface area (Å²) in [6, 6.07) is 16.6. The van der Waals surface area contributed by atoms with Crippen LogP contribution in [0.25, 0.3) is 11.3 Å². The molecular formula is C27H28N6O4. The number of aromatic nitrogens is 2. The minimum atomic E-state index is -0.679. The first kappa shape index (κ1) is 24.2. The number of nitroso groups, excluding NO2 is 1. The third-order valence-electron chi connectivity index (χ3n) is 7.10. The van der Waals surface area contributed by atoms with E-state index in [9.17, 15) is 14.5 Å². The summed E-state index contributed by atoms with van der Waals surface area (Å²) in [6.07, 6.45) is 3.54. The van der Waals surface area contributed by atoms with Crippen molar-refractivity contribution in [3.63, 3.8) is 0 Å². The van der Waals surface area contributed by atoms with Crippen molar-refractivity contribution in [2.24, 2.45) is 16.9 Å². The molecule has 3 aromatic rings. The molecule has 2 N–H and O–H groups in total. The van der Waals surface area contributed by atoms with Crippen molar-refractivity contribution in [1.82, 2.24) is 14.7 Å². The Morgan fingerprint density at radius 3 is 2.30 bits per heavy atom. The van der Waals surface area contributed by atoms with Gasteiger partial charge in [-0.25, -0.2) is 9.69 Å². The third kappa shape index (κ3) is 4.69. The van der Waals surface area contributed by atoms with Crippen LogP contribution in [-0.2, 0) is 4.79 Å². The first-order valence-electron chi connectivity index (χ1n) is 12.3. The second-order valence-electron chi connectivity index (χ2n) is 9.22. The fraction of sp³-hybridized carbons (Fsp3) is 0.296.